The molecular weight excluding hydrogens is 350 g/mol. The van der Waals surface area contributed by atoms with Crippen LogP contribution in [0.2, 0.25) is 0 Å². The van der Waals surface area contributed by atoms with E-state index in [0.29, 0.717) is 31.5 Å². The molecule has 0 bridgehead atoms. The summed E-state index contributed by atoms with van der Waals surface area (Å²) in [5.74, 6) is -0.634. The number of azide groups is 1. The van der Waals surface area contributed by atoms with Crippen LogP contribution >= 0.6 is 0 Å². The van der Waals surface area contributed by atoms with Crippen LogP contribution in [0.1, 0.15) is 40.0 Å². The highest BCUT2D eigenvalue weighted by Crippen LogP contribution is 2.13. The van der Waals surface area contributed by atoms with Gasteiger partial charge in [0.2, 0.25) is 0 Å². The summed E-state index contributed by atoms with van der Waals surface area (Å²) in [5.41, 5.74) is 8.66. The summed E-state index contributed by atoms with van der Waals surface area (Å²) >= 11 is 0. The van der Waals surface area contributed by atoms with E-state index in [4.69, 9.17) is 10.3 Å². The van der Waals surface area contributed by atoms with Crippen molar-refractivity contribution in [3.63, 3.8) is 0 Å². The van der Waals surface area contributed by atoms with Gasteiger partial charge < -0.3 is 20.5 Å². The first-order valence-corrected chi connectivity index (χ1v) is 8.78. The van der Waals surface area contributed by atoms with E-state index in [2.05, 4.69) is 20.7 Å². The van der Waals surface area contributed by atoms with Crippen molar-refractivity contribution in [2.45, 2.75) is 57.8 Å². The zero-order chi connectivity index (χ0) is 20.3. The van der Waals surface area contributed by atoms with Gasteiger partial charge in [-0.25, -0.2) is 4.79 Å². The van der Waals surface area contributed by atoms with E-state index in [0.717, 1.165) is 0 Å². The van der Waals surface area contributed by atoms with Gasteiger partial charge in [-0.1, -0.05) is 29.7 Å². The number of nitrogens with one attached hydrogen (secondary N) is 2. The summed E-state index contributed by atoms with van der Waals surface area (Å²) in [7, 11) is 0. The molecule has 148 valence electrons. The van der Waals surface area contributed by atoms with Crippen LogP contribution in [-0.4, -0.2) is 41.4 Å². The number of nitrogens with zero attached hydrogens (tertiary/aromatic N) is 3. The minimum absolute atomic E-state index is 0.309. The zero-order valence-electron chi connectivity index (χ0n) is 15.9. The van der Waals surface area contributed by atoms with Crippen LogP contribution < -0.4 is 10.6 Å². The summed E-state index contributed by atoms with van der Waals surface area (Å²) in [6.45, 7) is 5.71. The van der Waals surface area contributed by atoms with Crippen LogP contribution in [-0.2, 0) is 9.53 Å². The van der Waals surface area contributed by atoms with Gasteiger partial charge in [-0.3, -0.25) is 4.79 Å². The van der Waals surface area contributed by atoms with Gasteiger partial charge in [-0.05, 0) is 51.3 Å². The molecule has 0 unspecified atom stereocenters. The van der Waals surface area contributed by atoms with Gasteiger partial charge in [-0.2, -0.15) is 0 Å². The van der Waals surface area contributed by atoms with Gasteiger partial charge in [0.1, 0.15) is 11.7 Å². The largest absolute Gasteiger partial charge is 0.444 e. The molecule has 1 aromatic carbocycles. The van der Waals surface area contributed by atoms with Crippen LogP contribution in [0.25, 0.3) is 10.4 Å². The second-order valence-electron chi connectivity index (χ2n) is 7.00. The van der Waals surface area contributed by atoms with Crippen LogP contribution in [0.5, 0.6) is 0 Å². The molecule has 2 atom stereocenters. The third-order valence-electron chi connectivity index (χ3n) is 3.47. The number of hydrogen-bond donors (Lipinski definition) is 3. The average Bonchev–Trinajstić information content (AvgIpc) is 2.59. The Kier molecular flexibility index (Phi) is 9.12. The molecule has 0 heterocycles. The van der Waals surface area contributed by atoms with Crippen molar-refractivity contribution in [1.82, 2.24) is 5.32 Å². The quantitative estimate of drug-likeness (QED) is 0.263. The number of hydrogen-bond acceptors (Lipinski definition) is 5. The Bertz CT molecular complexity index is 653. The third kappa shape index (κ3) is 9.48. The topological polar surface area (TPSA) is 136 Å². The average molecular weight is 377 g/mol. The molecule has 0 aliphatic heterocycles. The highest BCUT2D eigenvalue weighted by molar-refractivity contribution is 5.94. The molecule has 0 aliphatic rings. The molecular formula is C18H27N5O4. The Morgan fingerprint density at radius 2 is 1.93 bits per heavy atom. The van der Waals surface area contributed by atoms with Gasteiger partial charge in [0, 0.05) is 17.1 Å². The van der Waals surface area contributed by atoms with Crippen LogP contribution in [0.3, 0.4) is 0 Å². The molecule has 3 N–H and O–H groups in total. The number of unbranched alkanes of at least 4 members (excludes halogenated alkanes) is 1. The highest BCUT2D eigenvalue weighted by Gasteiger charge is 2.25. The number of benzene rings is 1. The highest BCUT2D eigenvalue weighted by atomic mass is 16.6. The van der Waals surface area contributed by atoms with Crippen molar-refractivity contribution in [3.05, 3.63) is 40.8 Å². The fourth-order valence-electron chi connectivity index (χ4n) is 2.24. The van der Waals surface area contributed by atoms with Crippen LogP contribution in [0.4, 0.5) is 10.5 Å². The number of carbonyl (C=O) groups excluding carboxylic acids is 2. The van der Waals surface area contributed by atoms with Gasteiger partial charge in [-0.15, -0.1) is 0 Å². The van der Waals surface area contributed by atoms with E-state index in [-0.39, 0.29) is 0 Å². The number of amides is 2. The number of aliphatic hydroxyl groups excluding tert-OH is 1. The predicted octanol–water partition coefficient (Wildman–Crippen LogP) is 3.36. The number of anilines is 1. The predicted molar refractivity (Wildman–Crippen MR) is 102 cm³/mol. The van der Waals surface area contributed by atoms with E-state index < -0.39 is 29.7 Å². The third-order valence-corrected chi connectivity index (χ3v) is 3.47. The number of para-hydroxylation sites is 1. The molecule has 0 aromatic heterocycles. The van der Waals surface area contributed by atoms with Crippen molar-refractivity contribution < 1.29 is 19.4 Å². The summed E-state index contributed by atoms with van der Waals surface area (Å²) in [6, 6.07) is 7.81. The molecule has 27 heavy (non-hydrogen) atoms. The number of ether oxygens (including phenoxy) is 1. The number of rotatable bonds is 9. The van der Waals surface area contributed by atoms with Crippen molar-refractivity contribution in [1.29, 1.82) is 0 Å². The first-order valence-electron chi connectivity index (χ1n) is 8.78. The Balaban J connectivity index is 2.41. The molecule has 0 radical (unpaired) electrons. The second kappa shape index (κ2) is 11.1. The van der Waals surface area contributed by atoms with Crippen LogP contribution in [0.15, 0.2) is 35.4 Å². The Labute approximate surface area is 158 Å². The molecule has 2 amide bonds. The fraction of sp³-hybridized carbons (Fsp3) is 0.556. The summed E-state index contributed by atoms with van der Waals surface area (Å²) < 4.78 is 5.12. The zero-order valence-corrected chi connectivity index (χ0v) is 15.9. The van der Waals surface area contributed by atoms with Gasteiger partial charge in [0.15, 0.2) is 0 Å². The number of aliphatic hydroxyl groups is 1. The summed E-state index contributed by atoms with van der Waals surface area (Å²) in [5, 5.41) is 18.9. The number of carbonyl (C=O) groups is 2. The summed E-state index contributed by atoms with van der Waals surface area (Å²) in [4.78, 5) is 26.4. The maximum absolute atomic E-state index is 12.1. The monoisotopic (exact) mass is 377 g/mol. The maximum atomic E-state index is 12.1. The van der Waals surface area contributed by atoms with E-state index in [1.165, 1.54) is 0 Å². The molecule has 9 nitrogen and oxygen atoms in total. The Morgan fingerprint density at radius 3 is 2.52 bits per heavy atom. The minimum Gasteiger partial charge on any atom is -0.444 e. The molecule has 0 fully saturated rings. The SMILES string of the molecule is CC(C)(C)OC(=O)NCCCC[C@H](N=[N+]=[N-])[C@H](O)C(=O)Nc1ccccc1. The van der Waals surface area contributed by atoms with Gasteiger partial charge >= 0.3 is 6.09 Å². The molecule has 0 saturated carbocycles. The lowest BCUT2D eigenvalue weighted by Crippen LogP contribution is -2.37. The molecule has 0 spiro atoms. The Morgan fingerprint density at radius 1 is 1.26 bits per heavy atom. The van der Waals surface area contributed by atoms with Crippen LogP contribution in [0, 0.1) is 0 Å². The lowest BCUT2D eigenvalue weighted by molar-refractivity contribution is -0.125. The molecule has 0 saturated heterocycles. The molecule has 1 aromatic rings. The molecule has 0 aliphatic carbocycles. The first-order chi connectivity index (χ1) is 12.7. The standard InChI is InChI=1S/C18H27N5O4/c1-18(2,3)27-17(26)20-12-8-7-11-14(22-23-19)15(24)16(25)21-13-9-5-4-6-10-13/h4-6,9-10,14-15,24H,7-8,11-12H2,1-3H3,(H,20,26)(H,21,25)/t14-,15-/m0/s1. The molecule has 9 heteroatoms. The van der Waals surface area contributed by atoms with E-state index >= 15 is 0 Å². The minimum atomic E-state index is -1.46. The van der Waals surface area contributed by atoms with E-state index in [1.807, 2.05) is 0 Å². The first kappa shape index (κ1) is 22.3. The van der Waals surface area contributed by atoms with Crippen molar-refractivity contribution in [3.8, 4) is 0 Å². The second-order valence-corrected chi connectivity index (χ2v) is 7.00. The lowest BCUT2D eigenvalue weighted by atomic mass is 10.0. The normalized spacial score (nSPS) is 13.0. The van der Waals surface area contributed by atoms with E-state index in [9.17, 15) is 14.7 Å². The number of alkyl carbamates (subject to hydrolysis) is 1. The smallest absolute Gasteiger partial charge is 0.407 e. The van der Waals surface area contributed by atoms with Crippen molar-refractivity contribution in [2.24, 2.45) is 5.11 Å². The van der Waals surface area contributed by atoms with Gasteiger partial charge in [0.05, 0.1) is 6.04 Å². The van der Waals surface area contributed by atoms with Crippen molar-refractivity contribution >= 4 is 17.7 Å². The maximum Gasteiger partial charge on any atom is 0.407 e. The Hall–Kier alpha value is -2.77. The van der Waals surface area contributed by atoms with E-state index in [1.54, 1.807) is 51.1 Å². The molecule has 1 rings (SSSR count). The van der Waals surface area contributed by atoms with Crippen molar-refractivity contribution in [2.75, 3.05) is 11.9 Å². The van der Waals surface area contributed by atoms with Gasteiger partial charge in [0.25, 0.3) is 5.91 Å². The summed E-state index contributed by atoms with van der Waals surface area (Å²) in [6.07, 6.45) is -0.515. The fourth-order valence-corrected chi connectivity index (χ4v) is 2.24. The lowest BCUT2D eigenvalue weighted by Gasteiger charge is -2.20.